The van der Waals surface area contributed by atoms with Gasteiger partial charge in [0.25, 0.3) is 11.8 Å². The predicted octanol–water partition coefficient (Wildman–Crippen LogP) is 2.09. The third kappa shape index (κ3) is 3.97. The van der Waals surface area contributed by atoms with E-state index in [-0.39, 0.29) is 24.2 Å². The number of ether oxygens (including phenoxy) is 3. The van der Waals surface area contributed by atoms with Gasteiger partial charge in [-0.25, -0.2) is 0 Å². The Bertz CT molecular complexity index is 902. The first kappa shape index (κ1) is 18.2. The Morgan fingerprint density at radius 2 is 1.81 bits per heavy atom. The number of amides is 1. The van der Waals surface area contributed by atoms with Crippen molar-refractivity contribution in [2.45, 2.75) is 6.54 Å². The van der Waals surface area contributed by atoms with Crippen LogP contribution in [-0.4, -0.2) is 42.4 Å². The Hall–Kier alpha value is -3.62. The van der Waals surface area contributed by atoms with E-state index >= 15 is 0 Å². The largest absolute Gasteiger partial charge is 0.493 e. The lowest BCUT2D eigenvalue weighted by molar-refractivity contribution is 0.0946. The molecule has 0 saturated heterocycles. The minimum Gasteiger partial charge on any atom is -0.493 e. The number of nitrogens with zero attached hydrogens (tertiary/aromatic N) is 3. The van der Waals surface area contributed by atoms with Crippen molar-refractivity contribution in [2.24, 2.45) is 0 Å². The number of carbonyl (C=O) groups is 1. The molecule has 0 saturated carbocycles. The molecule has 0 aliphatic heterocycles. The SMILES string of the molecule is COc1cc(C(=O)NCc2nnc(-c3ccccn3)o2)cc(OC)c1OC. The molecule has 9 nitrogen and oxygen atoms in total. The van der Waals surface area contributed by atoms with Gasteiger partial charge in [0.2, 0.25) is 11.6 Å². The van der Waals surface area contributed by atoms with Crippen molar-refractivity contribution in [3.05, 3.63) is 48.0 Å². The predicted molar refractivity (Wildman–Crippen MR) is 94.8 cm³/mol. The number of hydrogen-bond acceptors (Lipinski definition) is 8. The standard InChI is InChI=1S/C18H18N4O5/c1-24-13-8-11(9-14(25-2)16(13)26-3)17(23)20-10-15-21-22-18(27-15)12-6-4-5-7-19-12/h4-9H,10H2,1-3H3,(H,20,23). The van der Waals surface area contributed by atoms with Gasteiger partial charge in [0, 0.05) is 11.8 Å². The average Bonchev–Trinajstić information content (AvgIpc) is 3.20. The van der Waals surface area contributed by atoms with Gasteiger partial charge in [-0.15, -0.1) is 10.2 Å². The number of hydrogen-bond donors (Lipinski definition) is 1. The van der Waals surface area contributed by atoms with Crippen LogP contribution in [0.15, 0.2) is 40.9 Å². The lowest BCUT2D eigenvalue weighted by Crippen LogP contribution is -2.23. The van der Waals surface area contributed by atoms with Crippen LogP contribution in [0.25, 0.3) is 11.6 Å². The molecule has 0 unspecified atom stereocenters. The summed E-state index contributed by atoms with van der Waals surface area (Å²) in [6.07, 6.45) is 1.63. The van der Waals surface area contributed by atoms with E-state index in [1.54, 1.807) is 30.5 Å². The highest BCUT2D eigenvalue weighted by Crippen LogP contribution is 2.38. The summed E-state index contributed by atoms with van der Waals surface area (Å²) in [7, 11) is 4.46. The van der Waals surface area contributed by atoms with Crippen LogP contribution in [0.4, 0.5) is 0 Å². The first-order valence-electron chi connectivity index (χ1n) is 7.98. The molecule has 0 bridgehead atoms. The lowest BCUT2D eigenvalue weighted by atomic mass is 10.1. The summed E-state index contributed by atoms with van der Waals surface area (Å²) in [6, 6.07) is 8.48. The molecule has 0 spiro atoms. The Kier molecular flexibility index (Phi) is 5.50. The highest BCUT2D eigenvalue weighted by atomic mass is 16.5. The maximum absolute atomic E-state index is 12.5. The maximum Gasteiger partial charge on any atom is 0.266 e. The number of aromatic nitrogens is 3. The van der Waals surface area contributed by atoms with E-state index in [4.69, 9.17) is 18.6 Å². The number of nitrogens with one attached hydrogen (secondary N) is 1. The lowest BCUT2D eigenvalue weighted by Gasteiger charge is -2.13. The number of carbonyl (C=O) groups excluding carboxylic acids is 1. The summed E-state index contributed by atoms with van der Waals surface area (Å²) < 4.78 is 21.3. The number of rotatable bonds is 7. The van der Waals surface area contributed by atoms with Gasteiger partial charge in [0.05, 0.1) is 27.9 Å². The van der Waals surface area contributed by atoms with E-state index in [0.29, 0.717) is 28.5 Å². The van der Waals surface area contributed by atoms with E-state index in [2.05, 4.69) is 20.5 Å². The molecule has 0 radical (unpaired) electrons. The molecule has 0 atom stereocenters. The molecule has 27 heavy (non-hydrogen) atoms. The van der Waals surface area contributed by atoms with Crippen LogP contribution in [0.1, 0.15) is 16.2 Å². The summed E-state index contributed by atoms with van der Waals surface area (Å²) in [5, 5.41) is 10.6. The quantitative estimate of drug-likeness (QED) is 0.673. The number of methoxy groups -OCH3 is 3. The highest BCUT2D eigenvalue weighted by molar-refractivity contribution is 5.95. The summed E-state index contributed by atoms with van der Waals surface area (Å²) in [5.41, 5.74) is 0.904. The van der Waals surface area contributed by atoms with Crippen LogP contribution in [0, 0.1) is 0 Å². The van der Waals surface area contributed by atoms with Crippen molar-refractivity contribution in [1.29, 1.82) is 0 Å². The van der Waals surface area contributed by atoms with E-state index in [0.717, 1.165) is 0 Å². The monoisotopic (exact) mass is 370 g/mol. The van der Waals surface area contributed by atoms with Gasteiger partial charge in [-0.3, -0.25) is 9.78 Å². The second-order valence-electron chi connectivity index (χ2n) is 5.31. The fourth-order valence-corrected chi connectivity index (χ4v) is 2.39. The normalized spacial score (nSPS) is 10.3. The zero-order valence-corrected chi connectivity index (χ0v) is 15.1. The van der Waals surface area contributed by atoms with Crippen LogP contribution in [-0.2, 0) is 6.54 Å². The molecule has 1 N–H and O–H groups in total. The van der Waals surface area contributed by atoms with Gasteiger partial charge in [-0.05, 0) is 24.3 Å². The van der Waals surface area contributed by atoms with Crippen molar-refractivity contribution < 1.29 is 23.4 Å². The second kappa shape index (κ2) is 8.17. The summed E-state index contributed by atoms with van der Waals surface area (Å²) >= 11 is 0. The van der Waals surface area contributed by atoms with Crippen molar-refractivity contribution in [2.75, 3.05) is 21.3 Å². The topological polar surface area (TPSA) is 109 Å². The third-order valence-corrected chi connectivity index (χ3v) is 3.68. The Morgan fingerprint density at radius 3 is 2.41 bits per heavy atom. The maximum atomic E-state index is 12.5. The molecule has 3 rings (SSSR count). The van der Waals surface area contributed by atoms with Crippen LogP contribution < -0.4 is 19.5 Å². The van der Waals surface area contributed by atoms with Crippen LogP contribution >= 0.6 is 0 Å². The van der Waals surface area contributed by atoms with Gasteiger partial charge < -0.3 is 23.9 Å². The Labute approximate surface area is 155 Å². The molecule has 9 heteroatoms. The minimum atomic E-state index is -0.355. The van der Waals surface area contributed by atoms with Crippen molar-refractivity contribution in [1.82, 2.24) is 20.5 Å². The van der Waals surface area contributed by atoms with Crippen molar-refractivity contribution >= 4 is 5.91 Å². The molecule has 2 aromatic heterocycles. The molecule has 2 heterocycles. The molecule has 1 aromatic carbocycles. The Balaban J connectivity index is 1.72. The molecule has 3 aromatic rings. The van der Waals surface area contributed by atoms with E-state index in [1.807, 2.05) is 6.07 Å². The molecular formula is C18H18N4O5. The highest BCUT2D eigenvalue weighted by Gasteiger charge is 2.17. The first-order chi connectivity index (χ1) is 13.2. The zero-order chi connectivity index (χ0) is 19.2. The molecule has 0 fully saturated rings. The van der Waals surface area contributed by atoms with Crippen LogP contribution in [0.5, 0.6) is 17.2 Å². The first-order valence-corrected chi connectivity index (χ1v) is 7.98. The van der Waals surface area contributed by atoms with Crippen LogP contribution in [0.2, 0.25) is 0 Å². The van der Waals surface area contributed by atoms with Crippen molar-refractivity contribution in [3.63, 3.8) is 0 Å². The molecule has 0 aliphatic rings. The van der Waals surface area contributed by atoms with Gasteiger partial charge in [-0.1, -0.05) is 6.07 Å². The van der Waals surface area contributed by atoms with Gasteiger partial charge in [0.1, 0.15) is 5.69 Å². The Morgan fingerprint density at radius 1 is 1.07 bits per heavy atom. The molecule has 1 amide bonds. The van der Waals surface area contributed by atoms with E-state index < -0.39 is 0 Å². The fourth-order valence-electron chi connectivity index (χ4n) is 2.39. The van der Waals surface area contributed by atoms with Gasteiger partial charge in [0.15, 0.2) is 11.5 Å². The second-order valence-corrected chi connectivity index (χ2v) is 5.31. The van der Waals surface area contributed by atoms with Gasteiger partial charge >= 0.3 is 0 Å². The van der Waals surface area contributed by atoms with E-state index in [1.165, 1.54) is 21.3 Å². The van der Waals surface area contributed by atoms with Crippen molar-refractivity contribution in [3.8, 4) is 28.8 Å². The van der Waals surface area contributed by atoms with Gasteiger partial charge in [-0.2, -0.15) is 0 Å². The van der Waals surface area contributed by atoms with Crippen LogP contribution in [0.3, 0.4) is 0 Å². The third-order valence-electron chi connectivity index (χ3n) is 3.68. The smallest absolute Gasteiger partial charge is 0.266 e. The number of pyridine rings is 1. The van der Waals surface area contributed by atoms with E-state index in [9.17, 15) is 4.79 Å². The molecule has 140 valence electrons. The summed E-state index contributed by atoms with van der Waals surface area (Å²) in [5.74, 6) is 1.37. The molecule has 0 aliphatic carbocycles. The summed E-state index contributed by atoms with van der Waals surface area (Å²) in [6.45, 7) is 0.0648. The minimum absolute atomic E-state index is 0.0648. The average molecular weight is 370 g/mol. The molecular weight excluding hydrogens is 352 g/mol. The summed E-state index contributed by atoms with van der Waals surface area (Å²) in [4.78, 5) is 16.6. The fraction of sp³-hybridized carbons (Fsp3) is 0.222. The number of benzene rings is 1. The zero-order valence-electron chi connectivity index (χ0n) is 15.1.